The maximum absolute atomic E-state index is 12.0. The van der Waals surface area contributed by atoms with Gasteiger partial charge < -0.3 is 9.84 Å². The fraction of sp³-hybridized carbons (Fsp3) is 0.200. The van der Waals surface area contributed by atoms with Gasteiger partial charge in [0.05, 0.1) is 24.9 Å². The van der Waals surface area contributed by atoms with Gasteiger partial charge in [-0.3, -0.25) is 9.59 Å². The molecule has 0 saturated heterocycles. The molecule has 22 heavy (non-hydrogen) atoms. The lowest BCUT2D eigenvalue weighted by Crippen LogP contribution is -2.20. The lowest BCUT2D eigenvalue weighted by atomic mass is 10.1. The van der Waals surface area contributed by atoms with Crippen LogP contribution in [0.5, 0.6) is 5.88 Å². The molecule has 7 nitrogen and oxygen atoms in total. The Morgan fingerprint density at radius 1 is 1.23 bits per heavy atom. The van der Waals surface area contributed by atoms with Crippen LogP contribution in [0.3, 0.4) is 0 Å². The van der Waals surface area contributed by atoms with Gasteiger partial charge in [0, 0.05) is 0 Å². The van der Waals surface area contributed by atoms with Crippen LogP contribution in [0, 0.1) is 0 Å². The molecule has 0 fully saturated rings. The van der Waals surface area contributed by atoms with Gasteiger partial charge in [-0.1, -0.05) is 18.2 Å². The number of Topliss-reactive ketones (excluding diaryl/α,β-unsaturated/α-hetero) is 2. The van der Waals surface area contributed by atoms with Gasteiger partial charge in [0.25, 0.3) is 0 Å². The summed E-state index contributed by atoms with van der Waals surface area (Å²) in [6.45, 7) is 1.61. The SMILES string of the molecule is CCOC(=O)C(=O)CC(=O)c1cnn(-c2ccccc2)c1O. The lowest BCUT2D eigenvalue weighted by molar-refractivity contribution is -0.153. The van der Waals surface area contributed by atoms with Crippen LogP contribution in [0.15, 0.2) is 36.5 Å². The van der Waals surface area contributed by atoms with E-state index in [9.17, 15) is 19.5 Å². The highest BCUT2D eigenvalue weighted by atomic mass is 16.5. The minimum Gasteiger partial charge on any atom is -0.493 e. The first-order valence-corrected chi connectivity index (χ1v) is 6.60. The minimum absolute atomic E-state index is 0.0515. The molecule has 0 aliphatic rings. The van der Waals surface area contributed by atoms with Crippen molar-refractivity contribution in [1.82, 2.24) is 9.78 Å². The fourth-order valence-electron chi connectivity index (χ4n) is 1.82. The zero-order chi connectivity index (χ0) is 16.1. The molecule has 0 radical (unpaired) electrons. The molecule has 0 bridgehead atoms. The van der Waals surface area contributed by atoms with Crippen molar-refractivity contribution in [3.8, 4) is 11.6 Å². The van der Waals surface area contributed by atoms with Crippen molar-refractivity contribution >= 4 is 17.5 Å². The maximum atomic E-state index is 12.0. The second-order valence-corrected chi connectivity index (χ2v) is 4.37. The van der Waals surface area contributed by atoms with Crippen LogP contribution in [-0.2, 0) is 14.3 Å². The summed E-state index contributed by atoms with van der Waals surface area (Å²) in [5.41, 5.74) is 0.442. The number of carbonyl (C=O) groups excluding carboxylic acids is 3. The summed E-state index contributed by atoms with van der Waals surface area (Å²) in [4.78, 5) is 34.7. The van der Waals surface area contributed by atoms with Crippen molar-refractivity contribution < 1.29 is 24.2 Å². The molecule has 0 amide bonds. The Labute approximate surface area is 126 Å². The molecule has 2 aromatic rings. The largest absolute Gasteiger partial charge is 0.493 e. The molecule has 1 aromatic heterocycles. The van der Waals surface area contributed by atoms with Crippen LogP contribution in [-0.4, -0.2) is 39.0 Å². The van der Waals surface area contributed by atoms with Gasteiger partial charge in [-0.05, 0) is 19.1 Å². The van der Waals surface area contributed by atoms with Crippen molar-refractivity contribution in [2.24, 2.45) is 0 Å². The van der Waals surface area contributed by atoms with Crippen molar-refractivity contribution in [2.75, 3.05) is 6.61 Å². The predicted octanol–water partition coefficient (Wildman–Crippen LogP) is 1.28. The van der Waals surface area contributed by atoms with E-state index in [0.29, 0.717) is 5.69 Å². The molecule has 0 atom stereocenters. The number of ketones is 2. The third kappa shape index (κ3) is 3.20. The fourth-order valence-corrected chi connectivity index (χ4v) is 1.82. The highest BCUT2D eigenvalue weighted by Gasteiger charge is 2.24. The average Bonchev–Trinajstić information content (AvgIpc) is 2.90. The van der Waals surface area contributed by atoms with Crippen molar-refractivity contribution in [3.05, 3.63) is 42.1 Å². The molecular weight excluding hydrogens is 288 g/mol. The molecule has 2 rings (SSSR count). The summed E-state index contributed by atoms with van der Waals surface area (Å²) in [5, 5.41) is 14.0. The monoisotopic (exact) mass is 302 g/mol. The number of hydrogen-bond donors (Lipinski definition) is 1. The first-order chi connectivity index (χ1) is 10.5. The first kappa shape index (κ1) is 15.4. The zero-order valence-corrected chi connectivity index (χ0v) is 11.9. The number of esters is 1. The summed E-state index contributed by atoms with van der Waals surface area (Å²) in [5.74, 6) is -3.10. The number of rotatable bonds is 6. The third-order valence-corrected chi connectivity index (χ3v) is 2.87. The smallest absolute Gasteiger partial charge is 0.375 e. The molecule has 1 N–H and O–H groups in total. The van der Waals surface area contributed by atoms with Gasteiger partial charge in [-0.25, -0.2) is 9.48 Å². The quantitative estimate of drug-likeness (QED) is 0.373. The Bertz CT molecular complexity index is 706. The number of nitrogens with zero attached hydrogens (tertiary/aromatic N) is 2. The molecule has 114 valence electrons. The van der Waals surface area contributed by atoms with E-state index in [1.54, 1.807) is 37.3 Å². The van der Waals surface area contributed by atoms with Gasteiger partial charge in [0.15, 0.2) is 5.78 Å². The summed E-state index contributed by atoms with van der Waals surface area (Å²) < 4.78 is 5.69. The van der Waals surface area contributed by atoms with E-state index in [1.165, 1.54) is 4.68 Å². The second-order valence-electron chi connectivity index (χ2n) is 4.37. The minimum atomic E-state index is -1.06. The van der Waals surface area contributed by atoms with Crippen LogP contribution in [0.2, 0.25) is 0 Å². The number of hydrogen-bond acceptors (Lipinski definition) is 6. The topological polar surface area (TPSA) is 98.5 Å². The van der Waals surface area contributed by atoms with Gasteiger partial charge in [-0.2, -0.15) is 5.10 Å². The molecule has 1 aromatic carbocycles. The summed E-state index contributed by atoms with van der Waals surface area (Å²) in [6, 6.07) is 8.70. The van der Waals surface area contributed by atoms with E-state index in [2.05, 4.69) is 9.84 Å². The molecule has 1 heterocycles. The molecule has 0 aliphatic heterocycles. The number of benzene rings is 1. The van der Waals surface area contributed by atoms with E-state index >= 15 is 0 Å². The number of carbonyl (C=O) groups is 3. The maximum Gasteiger partial charge on any atom is 0.375 e. The molecule has 0 aliphatic carbocycles. The van der Waals surface area contributed by atoms with Gasteiger partial charge in [0.2, 0.25) is 11.7 Å². The molecule has 0 unspecified atom stereocenters. The Morgan fingerprint density at radius 2 is 1.91 bits per heavy atom. The highest BCUT2D eigenvalue weighted by Crippen LogP contribution is 2.22. The Balaban J connectivity index is 2.17. The van der Waals surface area contributed by atoms with E-state index in [1.807, 2.05) is 0 Å². The normalized spacial score (nSPS) is 10.2. The Morgan fingerprint density at radius 3 is 2.55 bits per heavy atom. The molecule has 0 saturated carbocycles. The Kier molecular flexibility index (Phi) is 4.67. The van der Waals surface area contributed by atoms with Crippen LogP contribution in [0.25, 0.3) is 5.69 Å². The second kappa shape index (κ2) is 6.66. The van der Waals surface area contributed by atoms with Gasteiger partial charge in [0.1, 0.15) is 5.56 Å². The number of ether oxygens (including phenoxy) is 1. The van der Waals surface area contributed by atoms with Crippen LogP contribution in [0.4, 0.5) is 0 Å². The lowest BCUT2D eigenvalue weighted by Gasteiger charge is -2.03. The van der Waals surface area contributed by atoms with Crippen LogP contribution >= 0.6 is 0 Å². The molecule has 0 spiro atoms. The average molecular weight is 302 g/mol. The predicted molar refractivity (Wildman–Crippen MR) is 75.8 cm³/mol. The molecule has 7 heteroatoms. The number of para-hydroxylation sites is 1. The van der Waals surface area contributed by atoms with E-state index in [0.717, 1.165) is 6.20 Å². The van der Waals surface area contributed by atoms with Crippen LogP contribution < -0.4 is 0 Å². The summed E-state index contributed by atoms with van der Waals surface area (Å²) >= 11 is 0. The van der Waals surface area contributed by atoms with Crippen molar-refractivity contribution in [1.29, 1.82) is 0 Å². The summed E-state index contributed by atoms with van der Waals surface area (Å²) in [7, 11) is 0. The Hall–Kier alpha value is -2.96. The first-order valence-electron chi connectivity index (χ1n) is 6.60. The van der Waals surface area contributed by atoms with Gasteiger partial charge >= 0.3 is 5.97 Å². The van der Waals surface area contributed by atoms with E-state index < -0.39 is 24.0 Å². The number of aromatic hydroxyl groups is 1. The van der Waals surface area contributed by atoms with Crippen molar-refractivity contribution in [3.63, 3.8) is 0 Å². The van der Waals surface area contributed by atoms with Crippen LogP contribution in [0.1, 0.15) is 23.7 Å². The van der Waals surface area contributed by atoms with E-state index in [4.69, 9.17) is 0 Å². The van der Waals surface area contributed by atoms with Gasteiger partial charge in [-0.15, -0.1) is 0 Å². The molecular formula is C15H14N2O5. The zero-order valence-electron chi connectivity index (χ0n) is 11.9. The standard InChI is InChI=1S/C15H14N2O5/c1-2-22-15(21)13(19)8-12(18)11-9-16-17(14(11)20)10-6-4-3-5-7-10/h3-7,9,20H,2,8H2,1H3. The summed E-state index contributed by atoms with van der Waals surface area (Å²) in [6.07, 6.45) is 0.482. The highest BCUT2D eigenvalue weighted by molar-refractivity contribution is 6.38. The van der Waals surface area contributed by atoms with Crippen molar-refractivity contribution in [2.45, 2.75) is 13.3 Å². The number of aromatic nitrogens is 2. The third-order valence-electron chi connectivity index (χ3n) is 2.87. The van der Waals surface area contributed by atoms with E-state index in [-0.39, 0.29) is 18.1 Å².